The molecule has 0 bridgehead atoms. The van der Waals surface area contributed by atoms with Crippen LogP contribution in [0.5, 0.6) is 0 Å². The summed E-state index contributed by atoms with van der Waals surface area (Å²) in [6.45, 7) is 4.85. The van der Waals surface area contributed by atoms with Crippen LogP contribution in [0, 0.1) is 0 Å². The first-order chi connectivity index (χ1) is 5.20. The van der Waals surface area contributed by atoms with Crippen LogP contribution in [0.1, 0.15) is 6.92 Å². The molecule has 0 aromatic rings. The van der Waals surface area contributed by atoms with Crippen molar-refractivity contribution in [3.05, 3.63) is 12.2 Å². The minimum Gasteiger partial charge on any atom is -0.726 e. The standard InChI is InChI=1S/C4H7NO.CH4O4S/c1-3(2)4(5)6;1-5-6(2,3)4/h1H2,2H3,(H2,5,6);1H3,(H,2,3,4)/p-1. The summed E-state index contributed by atoms with van der Waals surface area (Å²) in [6, 6.07) is 0. The van der Waals surface area contributed by atoms with E-state index in [-0.39, 0.29) is 0 Å². The van der Waals surface area contributed by atoms with Crippen molar-refractivity contribution in [3.8, 4) is 0 Å². The van der Waals surface area contributed by atoms with Crippen LogP contribution >= 0.6 is 0 Å². The third-order valence-electron chi connectivity index (χ3n) is 0.625. The summed E-state index contributed by atoms with van der Waals surface area (Å²) in [6.07, 6.45) is 0. The highest BCUT2D eigenvalue weighted by Crippen LogP contribution is 1.78. The average molecular weight is 196 g/mol. The van der Waals surface area contributed by atoms with E-state index in [9.17, 15) is 17.8 Å². The molecule has 0 unspecified atom stereocenters. The van der Waals surface area contributed by atoms with Gasteiger partial charge < -0.3 is 10.3 Å². The highest BCUT2D eigenvalue weighted by molar-refractivity contribution is 7.80. The molecule has 0 saturated carbocycles. The molecule has 0 saturated heterocycles. The summed E-state index contributed by atoms with van der Waals surface area (Å²) in [4.78, 5) is 9.82. The minimum atomic E-state index is -4.41. The summed E-state index contributed by atoms with van der Waals surface area (Å²) in [7, 11) is -3.60. The first-order valence-electron chi connectivity index (χ1n) is 2.67. The maximum absolute atomic E-state index is 9.82. The van der Waals surface area contributed by atoms with Gasteiger partial charge in [-0.15, -0.1) is 0 Å². The second-order valence-corrected chi connectivity index (χ2v) is 2.87. The molecule has 2 N–H and O–H groups in total. The summed E-state index contributed by atoms with van der Waals surface area (Å²) in [5.41, 5.74) is 5.09. The quantitative estimate of drug-likeness (QED) is 0.351. The first-order valence-corrected chi connectivity index (χ1v) is 4.00. The molecule has 0 spiro atoms. The second kappa shape index (κ2) is 5.70. The summed E-state index contributed by atoms with van der Waals surface area (Å²) < 4.78 is 31.0. The van der Waals surface area contributed by atoms with E-state index in [0.29, 0.717) is 5.57 Å². The molecule has 0 aromatic heterocycles. The van der Waals surface area contributed by atoms with Crippen LogP contribution in [0.4, 0.5) is 0 Å². The van der Waals surface area contributed by atoms with Gasteiger partial charge in [0, 0.05) is 5.57 Å². The predicted octanol–water partition coefficient (Wildman–Crippen LogP) is -0.859. The van der Waals surface area contributed by atoms with Gasteiger partial charge in [-0.05, 0) is 6.92 Å². The largest absolute Gasteiger partial charge is 0.726 e. The molecule has 1 amide bonds. The third kappa shape index (κ3) is 16.0. The lowest BCUT2D eigenvalue weighted by molar-refractivity contribution is -0.114. The fourth-order valence-electron chi connectivity index (χ4n) is 0. The maximum Gasteiger partial charge on any atom is 0.243 e. The zero-order valence-corrected chi connectivity index (χ0v) is 7.55. The van der Waals surface area contributed by atoms with Gasteiger partial charge in [0.1, 0.15) is 0 Å². The van der Waals surface area contributed by atoms with Gasteiger partial charge in [-0.25, -0.2) is 8.42 Å². The number of rotatable bonds is 2. The fraction of sp³-hybridized carbons (Fsp3) is 0.400. The van der Waals surface area contributed by atoms with Crippen LogP contribution in [0.3, 0.4) is 0 Å². The highest BCUT2D eigenvalue weighted by Gasteiger charge is 1.86. The van der Waals surface area contributed by atoms with Crippen molar-refractivity contribution in [2.45, 2.75) is 6.92 Å². The Morgan fingerprint density at radius 2 is 1.75 bits per heavy atom. The Morgan fingerprint density at radius 1 is 1.58 bits per heavy atom. The molecule has 0 heterocycles. The molecule has 0 atom stereocenters. The average Bonchev–Trinajstić information content (AvgIpc) is 1.87. The van der Waals surface area contributed by atoms with E-state index in [2.05, 4.69) is 10.8 Å². The Bertz CT molecular complexity index is 243. The van der Waals surface area contributed by atoms with Crippen molar-refractivity contribution in [2.24, 2.45) is 5.73 Å². The van der Waals surface area contributed by atoms with E-state index in [4.69, 9.17) is 5.73 Å². The molecule has 0 rings (SSSR count). The molecule has 7 heteroatoms. The number of primary amides is 1. The topological polar surface area (TPSA) is 110 Å². The molecule has 0 aliphatic carbocycles. The van der Waals surface area contributed by atoms with Crippen LogP contribution < -0.4 is 5.73 Å². The lowest BCUT2D eigenvalue weighted by Gasteiger charge is -1.98. The van der Waals surface area contributed by atoms with E-state index in [0.717, 1.165) is 7.11 Å². The lowest BCUT2D eigenvalue weighted by Crippen LogP contribution is -2.10. The highest BCUT2D eigenvalue weighted by atomic mass is 32.3. The van der Waals surface area contributed by atoms with Crippen molar-refractivity contribution >= 4 is 16.3 Å². The number of carbonyl (C=O) groups is 1. The Morgan fingerprint density at radius 3 is 1.75 bits per heavy atom. The van der Waals surface area contributed by atoms with E-state index >= 15 is 0 Å². The van der Waals surface area contributed by atoms with Crippen molar-refractivity contribution in [1.82, 2.24) is 0 Å². The number of carbonyl (C=O) groups excluding carboxylic acids is 1. The van der Waals surface area contributed by atoms with Crippen molar-refractivity contribution in [2.75, 3.05) is 7.11 Å². The van der Waals surface area contributed by atoms with Crippen LogP contribution in [-0.4, -0.2) is 26.0 Å². The molecule has 72 valence electrons. The maximum atomic E-state index is 9.82. The predicted molar refractivity (Wildman–Crippen MR) is 40.7 cm³/mol. The van der Waals surface area contributed by atoms with Gasteiger partial charge in [0.2, 0.25) is 16.3 Å². The second-order valence-electron chi connectivity index (χ2n) is 1.72. The zero-order chi connectivity index (χ0) is 10.4. The molecule has 0 aliphatic heterocycles. The molecule has 0 radical (unpaired) electrons. The first kappa shape index (κ1) is 13.7. The zero-order valence-electron chi connectivity index (χ0n) is 6.73. The van der Waals surface area contributed by atoms with E-state index in [1.807, 2.05) is 0 Å². The summed E-state index contributed by atoms with van der Waals surface area (Å²) >= 11 is 0. The SMILES string of the molecule is C=C(C)C(N)=O.COS(=O)(=O)[O-]. The van der Waals surface area contributed by atoms with Gasteiger partial charge in [0.25, 0.3) is 0 Å². The van der Waals surface area contributed by atoms with Crippen LogP contribution in [-0.2, 0) is 19.4 Å². The third-order valence-corrected chi connectivity index (χ3v) is 1.03. The fourth-order valence-corrected chi connectivity index (χ4v) is 0. The molecular weight excluding hydrogens is 186 g/mol. The molecule has 12 heavy (non-hydrogen) atoms. The van der Waals surface area contributed by atoms with E-state index < -0.39 is 16.3 Å². The van der Waals surface area contributed by atoms with Crippen LogP contribution in [0.25, 0.3) is 0 Å². The molecule has 0 aromatic carbocycles. The van der Waals surface area contributed by atoms with Crippen molar-refractivity contribution in [3.63, 3.8) is 0 Å². The monoisotopic (exact) mass is 196 g/mol. The molecule has 0 fully saturated rings. The van der Waals surface area contributed by atoms with Gasteiger partial charge in [-0.2, -0.15) is 0 Å². The van der Waals surface area contributed by atoms with E-state index in [1.165, 1.54) is 0 Å². The summed E-state index contributed by atoms with van der Waals surface area (Å²) in [5.74, 6) is -0.435. The van der Waals surface area contributed by atoms with Crippen LogP contribution in [0.2, 0.25) is 0 Å². The van der Waals surface area contributed by atoms with Crippen molar-refractivity contribution < 1.29 is 21.9 Å². The number of nitrogens with two attached hydrogens (primary N) is 1. The van der Waals surface area contributed by atoms with E-state index in [1.54, 1.807) is 6.92 Å². The molecule has 6 nitrogen and oxygen atoms in total. The van der Waals surface area contributed by atoms with Gasteiger partial charge in [-0.1, -0.05) is 6.58 Å². The Kier molecular flexibility index (Phi) is 6.48. The Labute approximate surface area is 71.0 Å². The minimum absolute atomic E-state index is 0.398. The Hall–Kier alpha value is -0.920. The van der Waals surface area contributed by atoms with Crippen LogP contribution in [0.15, 0.2) is 12.2 Å². The Balaban J connectivity index is 0. The summed E-state index contributed by atoms with van der Waals surface area (Å²) in [5, 5.41) is 0. The van der Waals surface area contributed by atoms with Gasteiger partial charge in [0.15, 0.2) is 0 Å². The molecule has 0 aliphatic rings. The lowest BCUT2D eigenvalue weighted by atomic mass is 10.3. The molecular formula is C5H10NO5S-. The number of hydrogen-bond acceptors (Lipinski definition) is 5. The smallest absolute Gasteiger partial charge is 0.243 e. The number of amides is 1. The van der Waals surface area contributed by atoms with Gasteiger partial charge in [0.05, 0.1) is 7.11 Å². The van der Waals surface area contributed by atoms with Gasteiger partial charge in [-0.3, -0.25) is 8.98 Å². The van der Waals surface area contributed by atoms with Gasteiger partial charge >= 0.3 is 0 Å². The normalized spacial score (nSPS) is 9.58. The number of hydrogen-bond donors (Lipinski definition) is 1. The van der Waals surface area contributed by atoms with Crippen molar-refractivity contribution in [1.29, 1.82) is 0 Å².